The first kappa shape index (κ1) is 9.51. The number of hydrogen-bond acceptors (Lipinski definition) is 4. The van der Waals surface area contributed by atoms with E-state index in [-0.39, 0.29) is 19.2 Å². The summed E-state index contributed by atoms with van der Waals surface area (Å²) < 4.78 is 9.46. The van der Waals surface area contributed by atoms with Crippen LogP contribution in [0.1, 0.15) is 21.5 Å². The molecule has 2 rings (SSSR count). The van der Waals surface area contributed by atoms with Crippen molar-refractivity contribution in [3.63, 3.8) is 0 Å². The number of cyclic esters (lactones) is 1. The van der Waals surface area contributed by atoms with E-state index in [0.717, 1.165) is 11.1 Å². The second-order valence-corrected chi connectivity index (χ2v) is 3.18. The van der Waals surface area contributed by atoms with Crippen molar-refractivity contribution in [1.82, 2.24) is 0 Å². The fraction of sp³-hybridized carbons (Fsp3) is 0.200. The molecule has 0 radical (unpaired) electrons. The van der Waals surface area contributed by atoms with Gasteiger partial charge in [0, 0.05) is 5.56 Å². The standard InChI is InChI=1S/C10H9NO4/c11-10(13)15-4-6-1-2-8-7(3-6)5-14-9(8)12/h1-3H,4-5H2,(H2,11,13). The molecule has 78 valence electrons. The molecular formula is C10H9NO4. The van der Waals surface area contributed by atoms with Crippen LogP contribution in [0.5, 0.6) is 0 Å². The lowest BCUT2D eigenvalue weighted by molar-refractivity contribution is 0.0535. The van der Waals surface area contributed by atoms with E-state index in [2.05, 4.69) is 4.74 Å². The van der Waals surface area contributed by atoms with Gasteiger partial charge in [-0.15, -0.1) is 0 Å². The zero-order chi connectivity index (χ0) is 10.8. The van der Waals surface area contributed by atoms with Crippen molar-refractivity contribution in [1.29, 1.82) is 0 Å². The lowest BCUT2D eigenvalue weighted by atomic mass is 10.1. The Morgan fingerprint density at radius 3 is 3.07 bits per heavy atom. The molecule has 1 aliphatic rings. The monoisotopic (exact) mass is 207 g/mol. The first-order valence-corrected chi connectivity index (χ1v) is 4.38. The van der Waals surface area contributed by atoms with Crippen molar-refractivity contribution >= 4 is 12.1 Å². The smallest absolute Gasteiger partial charge is 0.404 e. The summed E-state index contributed by atoms with van der Waals surface area (Å²) in [5, 5.41) is 0. The number of esters is 1. The van der Waals surface area contributed by atoms with Gasteiger partial charge in [0.25, 0.3) is 0 Å². The zero-order valence-electron chi connectivity index (χ0n) is 7.86. The average molecular weight is 207 g/mol. The summed E-state index contributed by atoms with van der Waals surface area (Å²) in [5.41, 5.74) is 7.00. The zero-order valence-corrected chi connectivity index (χ0v) is 7.86. The number of primary amides is 1. The topological polar surface area (TPSA) is 78.6 Å². The van der Waals surface area contributed by atoms with E-state index < -0.39 is 6.09 Å². The number of carbonyl (C=O) groups excluding carboxylic acids is 2. The van der Waals surface area contributed by atoms with Crippen LogP contribution in [-0.4, -0.2) is 12.1 Å². The van der Waals surface area contributed by atoms with E-state index in [1.54, 1.807) is 18.2 Å². The van der Waals surface area contributed by atoms with Gasteiger partial charge in [0.1, 0.15) is 13.2 Å². The molecule has 0 bridgehead atoms. The third-order valence-corrected chi connectivity index (χ3v) is 2.13. The highest BCUT2D eigenvalue weighted by Gasteiger charge is 2.20. The van der Waals surface area contributed by atoms with Gasteiger partial charge in [-0.05, 0) is 17.7 Å². The lowest BCUT2D eigenvalue weighted by Crippen LogP contribution is -2.12. The molecule has 5 nitrogen and oxygen atoms in total. The van der Waals surface area contributed by atoms with Crippen LogP contribution in [0.3, 0.4) is 0 Å². The first-order valence-electron chi connectivity index (χ1n) is 4.38. The summed E-state index contributed by atoms with van der Waals surface area (Å²) in [4.78, 5) is 21.5. The summed E-state index contributed by atoms with van der Waals surface area (Å²) >= 11 is 0. The van der Waals surface area contributed by atoms with Crippen LogP contribution >= 0.6 is 0 Å². The van der Waals surface area contributed by atoms with Crippen molar-refractivity contribution in [2.24, 2.45) is 5.73 Å². The lowest BCUT2D eigenvalue weighted by Gasteiger charge is -2.02. The molecule has 5 heteroatoms. The molecule has 0 atom stereocenters. The van der Waals surface area contributed by atoms with Gasteiger partial charge in [-0.2, -0.15) is 0 Å². The van der Waals surface area contributed by atoms with Gasteiger partial charge in [-0.3, -0.25) is 0 Å². The van der Waals surface area contributed by atoms with Gasteiger partial charge in [0.15, 0.2) is 0 Å². The number of fused-ring (bicyclic) bond motifs is 1. The maximum Gasteiger partial charge on any atom is 0.404 e. The number of amides is 1. The predicted molar refractivity (Wildman–Crippen MR) is 49.9 cm³/mol. The van der Waals surface area contributed by atoms with E-state index in [1.165, 1.54) is 0 Å². The first-order chi connectivity index (χ1) is 7.16. The largest absolute Gasteiger partial charge is 0.457 e. The van der Waals surface area contributed by atoms with Crippen LogP contribution in [0.25, 0.3) is 0 Å². The summed E-state index contributed by atoms with van der Waals surface area (Å²) in [6, 6.07) is 5.13. The molecule has 0 saturated carbocycles. The number of carbonyl (C=O) groups is 2. The molecule has 1 aromatic rings. The molecule has 1 amide bonds. The molecule has 0 saturated heterocycles. The maximum atomic E-state index is 11.1. The fourth-order valence-corrected chi connectivity index (χ4v) is 1.43. The van der Waals surface area contributed by atoms with E-state index in [9.17, 15) is 9.59 Å². The van der Waals surface area contributed by atoms with Crippen molar-refractivity contribution in [2.45, 2.75) is 13.2 Å². The van der Waals surface area contributed by atoms with Crippen LogP contribution in [0.4, 0.5) is 4.79 Å². The predicted octanol–water partition coefficient (Wildman–Crippen LogP) is 0.952. The van der Waals surface area contributed by atoms with Crippen molar-refractivity contribution in [3.8, 4) is 0 Å². The molecular weight excluding hydrogens is 198 g/mol. The Morgan fingerprint density at radius 2 is 2.33 bits per heavy atom. The third kappa shape index (κ3) is 1.90. The number of benzene rings is 1. The Labute approximate surface area is 85.8 Å². The van der Waals surface area contributed by atoms with E-state index in [0.29, 0.717) is 5.56 Å². The summed E-state index contributed by atoms with van der Waals surface area (Å²) in [6.07, 6.45) is -0.817. The van der Waals surface area contributed by atoms with Crippen LogP contribution in [0.15, 0.2) is 18.2 Å². The summed E-state index contributed by atoms with van der Waals surface area (Å²) in [7, 11) is 0. The van der Waals surface area contributed by atoms with E-state index >= 15 is 0 Å². The van der Waals surface area contributed by atoms with Crippen molar-refractivity contribution in [2.75, 3.05) is 0 Å². The number of rotatable bonds is 2. The quantitative estimate of drug-likeness (QED) is 0.732. The minimum absolute atomic E-state index is 0.108. The van der Waals surface area contributed by atoms with Crippen LogP contribution in [-0.2, 0) is 22.7 Å². The minimum atomic E-state index is -0.817. The number of nitrogens with two attached hydrogens (primary N) is 1. The molecule has 0 aromatic heterocycles. The summed E-state index contributed by atoms with van der Waals surface area (Å²) in [6.45, 7) is 0.384. The third-order valence-electron chi connectivity index (χ3n) is 2.13. The van der Waals surface area contributed by atoms with Gasteiger partial charge in [0.05, 0.1) is 5.56 Å². The van der Waals surface area contributed by atoms with Crippen LogP contribution in [0.2, 0.25) is 0 Å². The second-order valence-electron chi connectivity index (χ2n) is 3.18. The molecule has 15 heavy (non-hydrogen) atoms. The molecule has 0 spiro atoms. The maximum absolute atomic E-state index is 11.1. The van der Waals surface area contributed by atoms with Gasteiger partial charge < -0.3 is 15.2 Å². The second kappa shape index (κ2) is 3.61. The van der Waals surface area contributed by atoms with E-state index in [1.807, 2.05) is 0 Å². The Morgan fingerprint density at radius 1 is 1.53 bits per heavy atom. The number of hydrogen-bond donors (Lipinski definition) is 1. The highest BCUT2D eigenvalue weighted by atomic mass is 16.5. The molecule has 1 aliphatic heterocycles. The van der Waals surface area contributed by atoms with E-state index in [4.69, 9.17) is 10.5 Å². The van der Waals surface area contributed by atoms with Crippen LogP contribution < -0.4 is 5.73 Å². The van der Waals surface area contributed by atoms with Gasteiger partial charge in [-0.25, -0.2) is 9.59 Å². The molecule has 0 aliphatic carbocycles. The molecule has 1 aromatic carbocycles. The average Bonchev–Trinajstić information content (AvgIpc) is 2.57. The van der Waals surface area contributed by atoms with Crippen molar-refractivity contribution in [3.05, 3.63) is 34.9 Å². The molecule has 0 fully saturated rings. The Balaban J connectivity index is 2.16. The van der Waals surface area contributed by atoms with Gasteiger partial charge in [-0.1, -0.05) is 6.07 Å². The van der Waals surface area contributed by atoms with Crippen molar-refractivity contribution < 1.29 is 19.1 Å². The molecule has 1 heterocycles. The van der Waals surface area contributed by atoms with Gasteiger partial charge >= 0.3 is 12.1 Å². The Bertz CT molecular complexity index is 427. The van der Waals surface area contributed by atoms with Crippen LogP contribution in [0, 0.1) is 0 Å². The Hall–Kier alpha value is -2.04. The normalized spacial score (nSPS) is 13.2. The SMILES string of the molecule is NC(=O)OCc1ccc2c(c1)COC2=O. The highest BCUT2D eigenvalue weighted by Crippen LogP contribution is 2.21. The summed E-state index contributed by atoms with van der Waals surface area (Å²) in [5.74, 6) is -0.313. The highest BCUT2D eigenvalue weighted by molar-refractivity contribution is 5.93. The fourth-order valence-electron chi connectivity index (χ4n) is 1.43. The van der Waals surface area contributed by atoms with Gasteiger partial charge in [0.2, 0.25) is 0 Å². The molecule has 0 unspecified atom stereocenters. The number of ether oxygens (including phenoxy) is 2. The minimum Gasteiger partial charge on any atom is -0.457 e. The molecule has 2 N–H and O–H groups in total. The Kier molecular flexibility index (Phi) is 2.29.